The largest absolute Gasteiger partial charge is 0.481 e. The van der Waals surface area contributed by atoms with Gasteiger partial charge in [-0.3, -0.25) is 9.59 Å². The number of carbonyl (C=O) groups is 2. The number of rotatable bonds is 4. The van der Waals surface area contributed by atoms with Crippen LogP contribution >= 0.6 is 0 Å². The Morgan fingerprint density at radius 1 is 1.24 bits per heavy atom. The predicted octanol–water partition coefficient (Wildman–Crippen LogP) is -1.44. The molecule has 1 aliphatic rings. The van der Waals surface area contributed by atoms with Crippen LogP contribution in [0.15, 0.2) is 0 Å². The van der Waals surface area contributed by atoms with E-state index < -0.39 is 34.0 Å². The molecule has 1 rings (SSSR count). The average molecular weight is 266 g/mol. The summed E-state index contributed by atoms with van der Waals surface area (Å²) < 4.78 is 26.0. The van der Waals surface area contributed by atoms with Crippen molar-refractivity contribution in [1.29, 1.82) is 0 Å². The molecule has 9 heteroatoms. The van der Waals surface area contributed by atoms with E-state index >= 15 is 0 Å². The Hall–Kier alpha value is -1.19. The minimum absolute atomic E-state index is 0.00389. The van der Waals surface area contributed by atoms with Crippen molar-refractivity contribution in [1.82, 2.24) is 9.03 Å². The van der Waals surface area contributed by atoms with Gasteiger partial charge in [0, 0.05) is 20.1 Å². The molecule has 2 atom stereocenters. The Kier molecular flexibility index (Phi) is 4.07. The van der Waals surface area contributed by atoms with Crippen molar-refractivity contribution < 1.29 is 28.2 Å². The Balaban J connectivity index is 2.90. The lowest BCUT2D eigenvalue weighted by molar-refractivity contribution is -0.156. The Bertz CT molecular complexity index is 420. The second kappa shape index (κ2) is 4.98. The van der Waals surface area contributed by atoms with Gasteiger partial charge in [0.2, 0.25) is 0 Å². The van der Waals surface area contributed by atoms with E-state index in [4.69, 9.17) is 10.2 Å². The highest BCUT2D eigenvalue weighted by atomic mass is 32.2. The summed E-state index contributed by atoms with van der Waals surface area (Å²) in [5.74, 6) is -4.77. The summed E-state index contributed by atoms with van der Waals surface area (Å²) in [6, 6.07) is 0. The number of nitrogens with zero attached hydrogens (tertiary/aromatic N) is 1. The number of nitrogens with one attached hydrogen (secondary N) is 1. The molecule has 0 aromatic rings. The van der Waals surface area contributed by atoms with Gasteiger partial charge in [0.05, 0.1) is 11.8 Å². The highest BCUT2D eigenvalue weighted by Crippen LogP contribution is 2.25. The maximum Gasteiger partial charge on any atom is 0.308 e. The van der Waals surface area contributed by atoms with Crippen LogP contribution in [0, 0.1) is 11.8 Å². The number of carboxylic acid groups (broad SMARTS) is 2. The van der Waals surface area contributed by atoms with Crippen LogP contribution in [0.5, 0.6) is 0 Å². The van der Waals surface area contributed by atoms with Gasteiger partial charge in [0.15, 0.2) is 0 Å². The summed E-state index contributed by atoms with van der Waals surface area (Å²) in [7, 11) is -2.49. The third kappa shape index (κ3) is 2.93. The third-order valence-electron chi connectivity index (χ3n) is 2.81. The molecule has 0 amide bonds. The van der Waals surface area contributed by atoms with Gasteiger partial charge in [-0.2, -0.15) is 12.7 Å². The molecule has 1 aliphatic heterocycles. The lowest BCUT2D eigenvalue weighted by Crippen LogP contribution is -2.51. The number of piperidine rings is 1. The second-order valence-electron chi connectivity index (χ2n) is 3.75. The molecule has 0 radical (unpaired) electrons. The van der Waals surface area contributed by atoms with E-state index in [2.05, 4.69) is 4.72 Å². The molecule has 3 N–H and O–H groups in total. The fraction of sp³-hybridized carbons (Fsp3) is 0.750. The van der Waals surface area contributed by atoms with Gasteiger partial charge in [0.1, 0.15) is 0 Å². The molecule has 1 heterocycles. The first-order chi connectivity index (χ1) is 7.79. The van der Waals surface area contributed by atoms with E-state index in [0.29, 0.717) is 0 Å². The summed E-state index contributed by atoms with van der Waals surface area (Å²) in [5.41, 5.74) is 0. The van der Waals surface area contributed by atoms with Crippen molar-refractivity contribution >= 4 is 22.1 Å². The van der Waals surface area contributed by atoms with E-state index in [0.717, 1.165) is 4.31 Å². The van der Waals surface area contributed by atoms with Gasteiger partial charge in [-0.1, -0.05) is 0 Å². The molecule has 0 aromatic carbocycles. The molecule has 2 unspecified atom stereocenters. The third-order valence-corrected chi connectivity index (χ3v) is 4.34. The van der Waals surface area contributed by atoms with E-state index in [1.54, 1.807) is 0 Å². The van der Waals surface area contributed by atoms with Gasteiger partial charge in [-0.25, -0.2) is 4.72 Å². The number of hydrogen-bond donors (Lipinski definition) is 3. The smallest absolute Gasteiger partial charge is 0.308 e. The molecule has 0 aliphatic carbocycles. The highest BCUT2D eigenvalue weighted by molar-refractivity contribution is 7.87. The zero-order valence-corrected chi connectivity index (χ0v) is 9.98. The highest BCUT2D eigenvalue weighted by Gasteiger charge is 2.41. The van der Waals surface area contributed by atoms with Crippen LogP contribution in [0.2, 0.25) is 0 Å². The van der Waals surface area contributed by atoms with Crippen LogP contribution in [0.4, 0.5) is 0 Å². The number of carboxylic acids is 2. The van der Waals surface area contributed by atoms with E-state index in [-0.39, 0.29) is 19.5 Å². The summed E-state index contributed by atoms with van der Waals surface area (Å²) in [4.78, 5) is 21.8. The molecular formula is C8H14N2O6S. The van der Waals surface area contributed by atoms with Gasteiger partial charge in [-0.15, -0.1) is 0 Å². The van der Waals surface area contributed by atoms with Crippen LogP contribution in [0.1, 0.15) is 6.42 Å². The quantitative estimate of drug-likeness (QED) is 0.572. The van der Waals surface area contributed by atoms with Gasteiger partial charge >= 0.3 is 11.9 Å². The normalized spacial score (nSPS) is 26.6. The molecule has 0 bridgehead atoms. The fourth-order valence-corrected chi connectivity index (χ4v) is 2.78. The monoisotopic (exact) mass is 266 g/mol. The maximum atomic E-state index is 11.5. The van der Waals surface area contributed by atoms with Crippen molar-refractivity contribution in [2.24, 2.45) is 11.8 Å². The molecule has 1 fully saturated rings. The van der Waals surface area contributed by atoms with Crippen molar-refractivity contribution in [3.05, 3.63) is 0 Å². The number of aliphatic carboxylic acids is 2. The summed E-state index contributed by atoms with van der Waals surface area (Å²) in [6.45, 7) is -0.320. The van der Waals surface area contributed by atoms with Crippen LogP contribution in [0.3, 0.4) is 0 Å². The minimum Gasteiger partial charge on any atom is -0.481 e. The lowest BCUT2D eigenvalue weighted by Gasteiger charge is -2.33. The SMILES string of the molecule is CNS(=O)(=O)N1CCC(C(=O)O)C(C(=O)O)C1. The van der Waals surface area contributed by atoms with E-state index in [9.17, 15) is 18.0 Å². The molecule has 17 heavy (non-hydrogen) atoms. The topological polar surface area (TPSA) is 124 Å². The minimum atomic E-state index is -3.71. The summed E-state index contributed by atoms with van der Waals surface area (Å²) in [6.07, 6.45) is -0.00674. The Morgan fingerprint density at radius 2 is 1.76 bits per heavy atom. The Labute approximate surface area is 98.4 Å². The second-order valence-corrected chi connectivity index (χ2v) is 5.62. The molecular weight excluding hydrogens is 252 g/mol. The first-order valence-corrected chi connectivity index (χ1v) is 6.38. The van der Waals surface area contributed by atoms with E-state index in [1.807, 2.05) is 0 Å². The van der Waals surface area contributed by atoms with Crippen molar-refractivity contribution in [3.8, 4) is 0 Å². The fourth-order valence-electron chi connectivity index (χ4n) is 1.82. The molecule has 8 nitrogen and oxygen atoms in total. The molecule has 0 aromatic heterocycles. The van der Waals surface area contributed by atoms with Crippen LogP contribution in [0.25, 0.3) is 0 Å². The van der Waals surface area contributed by atoms with Crippen molar-refractivity contribution in [3.63, 3.8) is 0 Å². The zero-order valence-electron chi connectivity index (χ0n) is 9.16. The van der Waals surface area contributed by atoms with Crippen LogP contribution in [-0.4, -0.2) is 55.0 Å². The molecule has 0 saturated carbocycles. The van der Waals surface area contributed by atoms with Crippen molar-refractivity contribution in [2.75, 3.05) is 20.1 Å². The maximum absolute atomic E-state index is 11.5. The van der Waals surface area contributed by atoms with Gasteiger partial charge in [0.25, 0.3) is 10.2 Å². The van der Waals surface area contributed by atoms with Crippen LogP contribution < -0.4 is 4.72 Å². The number of hydrogen-bond acceptors (Lipinski definition) is 4. The first-order valence-electron chi connectivity index (χ1n) is 4.94. The van der Waals surface area contributed by atoms with Gasteiger partial charge < -0.3 is 10.2 Å². The molecule has 98 valence electrons. The van der Waals surface area contributed by atoms with Crippen LogP contribution in [-0.2, 0) is 19.8 Å². The van der Waals surface area contributed by atoms with Gasteiger partial charge in [-0.05, 0) is 6.42 Å². The van der Waals surface area contributed by atoms with Crippen molar-refractivity contribution in [2.45, 2.75) is 6.42 Å². The summed E-state index contributed by atoms with van der Waals surface area (Å²) >= 11 is 0. The average Bonchev–Trinajstić information content (AvgIpc) is 2.28. The molecule has 0 spiro atoms. The lowest BCUT2D eigenvalue weighted by atomic mass is 9.86. The summed E-state index contributed by atoms with van der Waals surface area (Å²) in [5, 5.41) is 17.8. The zero-order chi connectivity index (χ0) is 13.2. The van der Waals surface area contributed by atoms with E-state index in [1.165, 1.54) is 7.05 Å². The molecule has 1 saturated heterocycles. The first kappa shape index (κ1) is 13.9. The Morgan fingerprint density at radius 3 is 2.18 bits per heavy atom. The standard InChI is InChI=1S/C8H14N2O6S/c1-9-17(15,16)10-3-2-5(7(11)12)6(4-10)8(13)14/h5-6,9H,2-4H2,1H3,(H,11,12)(H,13,14). The predicted molar refractivity (Wildman–Crippen MR) is 56.4 cm³/mol.